The van der Waals surface area contributed by atoms with Crippen LogP contribution in [0, 0.1) is 0 Å². The lowest BCUT2D eigenvalue weighted by molar-refractivity contribution is 1.18. The van der Waals surface area contributed by atoms with Crippen LogP contribution in [0.1, 0.15) is 0 Å². The molecule has 0 fully saturated rings. The fourth-order valence-corrected chi connectivity index (χ4v) is 8.37. The van der Waals surface area contributed by atoms with Gasteiger partial charge in [-0.25, -0.2) is 9.97 Å². The number of para-hydroxylation sites is 2. The van der Waals surface area contributed by atoms with Crippen LogP contribution in [0.3, 0.4) is 0 Å². The van der Waals surface area contributed by atoms with Crippen LogP contribution in [0.25, 0.3) is 105 Å². The SMILES string of the molecule is c1ccc(-c2nc(-c3ccc(-c4ccc(-n5c6ccccc6c6ccccc65)cc4)cc3)cc(-c3c4ccccc4cc4c3ccc3ccccc34)n2)cc1. The predicted octanol–water partition coefficient (Wildman–Crippen LogP) is 13.7. The van der Waals surface area contributed by atoms with E-state index < -0.39 is 0 Å². The number of aromatic nitrogens is 3. The minimum atomic E-state index is 0.708. The van der Waals surface area contributed by atoms with Gasteiger partial charge in [-0.15, -0.1) is 0 Å². The van der Waals surface area contributed by atoms with E-state index in [9.17, 15) is 0 Å². The van der Waals surface area contributed by atoms with E-state index in [1.54, 1.807) is 0 Å². The Bertz CT molecular complexity index is 3180. The van der Waals surface area contributed by atoms with Gasteiger partial charge in [0.15, 0.2) is 5.82 Å². The van der Waals surface area contributed by atoms with E-state index in [0.717, 1.165) is 39.3 Å². The van der Waals surface area contributed by atoms with Crippen molar-refractivity contribution >= 4 is 54.1 Å². The third-order valence-corrected chi connectivity index (χ3v) is 11.0. The molecule has 55 heavy (non-hydrogen) atoms. The van der Waals surface area contributed by atoms with Gasteiger partial charge in [-0.1, -0.05) is 164 Å². The van der Waals surface area contributed by atoms with Gasteiger partial charge in [0.1, 0.15) is 0 Å². The van der Waals surface area contributed by atoms with Gasteiger partial charge >= 0.3 is 0 Å². The molecule has 0 radical (unpaired) electrons. The summed E-state index contributed by atoms with van der Waals surface area (Å²) < 4.78 is 2.36. The first-order chi connectivity index (χ1) is 27.3. The molecule has 0 unspecified atom stereocenters. The quantitative estimate of drug-likeness (QED) is 0.132. The standard InChI is InChI=1S/C52H33N3/c1-2-13-38(14-3-1)52-53-47(33-48(54-52)51-42-17-7-5-15-39(42)32-46-41-16-6-4-12-36(41)28-31-45(46)51)37-24-22-34(23-25-37)35-26-29-40(30-27-35)55-49-20-10-8-18-43(49)44-19-9-11-21-50(44)55/h1-33H. The van der Waals surface area contributed by atoms with Gasteiger partial charge in [0.05, 0.1) is 22.4 Å². The van der Waals surface area contributed by atoms with Crippen LogP contribution in [0.4, 0.5) is 0 Å². The second-order valence-electron chi connectivity index (χ2n) is 14.2. The molecule has 2 aromatic heterocycles. The van der Waals surface area contributed by atoms with Crippen molar-refractivity contribution in [3.63, 3.8) is 0 Å². The maximum Gasteiger partial charge on any atom is 0.160 e. The molecule has 0 bridgehead atoms. The molecular weight excluding hydrogens is 667 g/mol. The molecule has 3 heteroatoms. The zero-order chi connectivity index (χ0) is 36.3. The van der Waals surface area contributed by atoms with Gasteiger partial charge in [0.2, 0.25) is 0 Å². The summed E-state index contributed by atoms with van der Waals surface area (Å²) in [6, 6.07) is 71.5. The minimum Gasteiger partial charge on any atom is -0.309 e. The molecule has 256 valence electrons. The largest absolute Gasteiger partial charge is 0.309 e. The molecule has 2 heterocycles. The van der Waals surface area contributed by atoms with Crippen molar-refractivity contribution in [1.82, 2.24) is 14.5 Å². The highest BCUT2D eigenvalue weighted by Crippen LogP contribution is 2.40. The first-order valence-corrected chi connectivity index (χ1v) is 18.7. The van der Waals surface area contributed by atoms with E-state index in [1.165, 1.54) is 59.7 Å². The van der Waals surface area contributed by atoms with E-state index in [4.69, 9.17) is 9.97 Å². The Morgan fingerprint density at radius 1 is 0.309 bits per heavy atom. The Morgan fingerprint density at radius 3 is 1.56 bits per heavy atom. The smallest absolute Gasteiger partial charge is 0.160 e. The van der Waals surface area contributed by atoms with Crippen molar-refractivity contribution in [3.8, 4) is 50.7 Å². The van der Waals surface area contributed by atoms with Crippen LogP contribution >= 0.6 is 0 Å². The van der Waals surface area contributed by atoms with Gasteiger partial charge in [0, 0.05) is 33.2 Å². The predicted molar refractivity (Wildman–Crippen MR) is 231 cm³/mol. The second-order valence-corrected chi connectivity index (χ2v) is 14.2. The van der Waals surface area contributed by atoms with Crippen LogP contribution in [0.2, 0.25) is 0 Å². The van der Waals surface area contributed by atoms with E-state index in [-0.39, 0.29) is 0 Å². The molecule has 11 rings (SSSR count). The Balaban J connectivity index is 1.03. The summed E-state index contributed by atoms with van der Waals surface area (Å²) in [6.07, 6.45) is 0. The van der Waals surface area contributed by atoms with Gasteiger partial charge in [-0.2, -0.15) is 0 Å². The van der Waals surface area contributed by atoms with Crippen LogP contribution in [0.15, 0.2) is 200 Å². The number of rotatable bonds is 5. The fourth-order valence-electron chi connectivity index (χ4n) is 8.37. The fraction of sp³-hybridized carbons (Fsp3) is 0. The molecule has 11 aromatic rings. The lowest BCUT2D eigenvalue weighted by Gasteiger charge is -2.15. The molecule has 0 atom stereocenters. The molecule has 0 aliphatic heterocycles. The maximum absolute atomic E-state index is 5.30. The molecule has 0 aliphatic rings. The van der Waals surface area contributed by atoms with Gasteiger partial charge < -0.3 is 4.57 Å². The van der Waals surface area contributed by atoms with E-state index >= 15 is 0 Å². The number of benzene rings is 9. The topological polar surface area (TPSA) is 30.7 Å². The third kappa shape index (κ3) is 5.20. The van der Waals surface area contributed by atoms with E-state index in [1.807, 2.05) is 18.2 Å². The number of nitrogens with zero attached hydrogens (tertiary/aromatic N) is 3. The summed E-state index contributed by atoms with van der Waals surface area (Å²) in [4.78, 5) is 10.5. The van der Waals surface area contributed by atoms with Crippen LogP contribution in [-0.4, -0.2) is 14.5 Å². The molecule has 9 aromatic carbocycles. The van der Waals surface area contributed by atoms with E-state index in [0.29, 0.717) is 5.82 Å². The Morgan fingerprint density at radius 2 is 0.855 bits per heavy atom. The van der Waals surface area contributed by atoms with Crippen molar-refractivity contribution in [1.29, 1.82) is 0 Å². The highest BCUT2D eigenvalue weighted by atomic mass is 15.0. The summed E-state index contributed by atoms with van der Waals surface area (Å²) in [7, 11) is 0. The monoisotopic (exact) mass is 699 g/mol. The highest BCUT2D eigenvalue weighted by Gasteiger charge is 2.17. The first-order valence-electron chi connectivity index (χ1n) is 18.7. The zero-order valence-corrected chi connectivity index (χ0v) is 29.9. The third-order valence-electron chi connectivity index (χ3n) is 11.0. The second kappa shape index (κ2) is 12.6. The van der Waals surface area contributed by atoms with Gasteiger partial charge in [-0.3, -0.25) is 0 Å². The maximum atomic E-state index is 5.30. The average Bonchev–Trinajstić information content (AvgIpc) is 3.60. The summed E-state index contributed by atoms with van der Waals surface area (Å²) >= 11 is 0. The Kier molecular flexibility index (Phi) is 7.17. The number of hydrogen-bond donors (Lipinski definition) is 0. The highest BCUT2D eigenvalue weighted by molar-refractivity contribution is 6.20. The Labute approximate surface area is 318 Å². The molecule has 0 saturated carbocycles. The van der Waals surface area contributed by atoms with Gasteiger partial charge in [-0.05, 0) is 79.8 Å². The lowest BCUT2D eigenvalue weighted by Crippen LogP contribution is -1.97. The molecular formula is C52H33N3. The van der Waals surface area contributed by atoms with Crippen molar-refractivity contribution in [3.05, 3.63) is 200 Å². The molecule has 0 saturated heterocycles. The average molecular weight is 700 g/mol. The van der Waals surface area contributed by atoms with Crippen molar-refractivity contribution < 1.29 is 0 Å². The van der Waals surface area contributed by atoms with Crippen molar-refractivity contribution in [2.45, 2.75) is 0 Å². The molecule has 0 aliphatic carbocycles. The summed E-state index contributed by atoms with van der Waals surface area (Å²) in [5, 5.41) is 9.77. The molecule has 3 nitrogen and oxygen atoms in total. The van der Waals surface area contributed by atoms with E-state index in [2.05, 4.69) is 187 Å². The normalized spacial score (nSPS) is 11.6. The zero-order valence-electron chi connectivity index (χ0n) is 29.9. The lowest BCUT2D eigenvalue weighted by atomic mass is 9.91. The summed E-state index contributed by atoms with van der Waals surface area (Å²) in [6.45, 7) is 0. The number of fused-ring (bicyclic) bond motifs is 7. The summed E-state index contributed by atoms with van der Waals surface area (Å²) in [5.41, 5.74) is 10.8. The van der Waals surface area contributed by atoms with Crippen molar-refractivity contribution in [2.75, 3.05) is 0 Å². The van der Waals surface area contributed by atoms with Crippen LogP contribution in [-0.2, 0) is 0 Å². The van der Waals surface area contributed by atoms with Crippen LogP contribution in [0.5, 0.6) is 0 Å². The number of hydrogen-bond acceptors (Lipinski definition) is 2. The van der Waals surface area contributed by atoms with Gasteiger partial charge in [0.25, 0.3) is 0 Å². The molecule has 0 N–H and O–H groups in total. The van der Waals surface area contributed by atoms with Crippen LogP contribution < -0.4 is 0 Å². The molecule has 0 spiro atoms. The molecule has 0 amide bonds. The van der Waals surface area contributed by atoms with Crippen molar-refractivity contribution in [2.24, 2.45) is 0 Å². The summed E-state index contributed by atoms with van der Waals surface area (Å²) in [5.74, 6) is 0.708. The first kappa shape index (κ1) is 31.2. The minimum absolute atomic E-state index is 0.708. The Hall–Kier alpha value is -7.36.